The molecule has 1 saturated carbocycles. The summed E-state index contributed by atoms with van der Waals surface area (Å²) in [7, 11) is 0. The summed E-state index contributed by atoms with van der Waals surface area (Å²) in [6.07, 6.45) is 6.29. The summed E-state index contributed by atoms with van der Waals surface area (Å²) in [6, 6.07) is 0.0980. The molecule has 3 N–H and O–H groups in total. The lowest BCUT2D eigenvalue weighted by molar-refractivity contribution is -0.123. The summed E-state index contributed by atoms with van der Waals surface area (Å²) in [5.74, 6) is 0.984. The highest BCUT2D eigenvalue weighted by atomic mass is 35.5. The summed E-state index contributed by atoms with van der Waals surface area (Å²) < 4.78 is 0. The molecule has 1 aliphatic rings. The normalized spacial score (nSPS) is 17.9. The lowest BCUT2D eigenvalue weighted by atomic mass is 9.93. The van der Waals surface area contributed by atoms with Gasteiger partial charge >= 0.3 is 0 Å². The van der Waals surface area contributed by atoms with Crippen LogP contribution >= 0.6 is 24.2 Å². The summed E-state index contributed by atoms with van der Waals surface area (Å²) in [5.41, 5.74) is 5.71. The molecule has 1 atom stereocenters. The van der Waals surface area contributed by atoms with Gasteiger partial charge in [0, 0.05) is 6.04 Å². The Bertz CT molecular complexity index is 176. The number of rotatable bonds is 5. The van der Waals surface area contributed by atoms with Crippen molar-refractivity contribution in [2.45, 2.75) is 37.8 Å². The first-order chi connectivity index (χ1) is 6.24. The highest BCUT2D eigenvalue weighted by Crippen LogP contribution is 2.18. The predicted octanol–water partition coefficient (Wildman–Crippen LogP) is 1.16. The topological polar surface area (TPSA) is 55.1 Å². The Labute approximate surface area is 96.0 Å². The molecular formula is C9H19ClN2OS. The third kappa shape index (κ3) is 4.53. The summed E-state index contributed by atoms with van der Waals surface area (Å²) in [5, 5.41) is 2.95. The highest BCUT2D eigenvalue weighted by molar-refractivity contribution is 7.98. The first kappa shape index (κ1) is 14.1. The Morgan fingerprint density at radius 1 is 1.64 bits per heavy atom. The fourth-order valence-electron chi connectivity index (χ4n) is 1.24. The quantitative estimate of drug-likeness (QED) is 0.756. The minimum Gasteiger partial charge on any atom is -0.352 e. The second-order valence-electron chi connectivity index (χ2n) is 3.52. The zero-order valence-electron chi connectivity index (χ0n) is 8.49. The molecule has 0 aromatic carbocycles. The van der Waals surface area contributed by atoms with Gasteiger partial charge in [0.2, 0.25) is 5.91 Å². The summed E-state index contributed by atoms with van der Waals surface area (Å²) >= 11 is 1.73. The van der Waals surface area contributed by atoms with Gasteiger partial charge in [-0.25, -0.2) is 0 Å². The Morgan fingerprint density at radius 2 is 2.29 bits per heavy atom. The van der Waals surface area contributed by atoms with E-state index in [-0.39, 0.29) is 24.4 Å². The number of amides is 1. The van der Waals surface area contributed by atoms with E-state index in [2.05, 4.69) is 5.32 Å². The van der Waals surface area contributed by atoms with Crippen molar-refractivity contribution in [1.82, 2.24) is 5.32 Å². The minimum atomic E-state index is -0.312. The average Bonchev–Trinajstić information content (AvgIpc) is 2.06. The first-order valence-electron chi connectivity index (χ1n) is 4.79. The number of hydrogen-bond acceptors (Lipinski definition) is 3. The van der Waals surface area contributed by atoms with Crippen molar-refractivity contribution in [2.24, 2.45) is 5.73 Å². The van der Waals surface area contributed by atoms with E-state index in [4.69, 9.17) is 5.73 Å². The van der Waals surface area contributed by atoms with Crippen LogP contribution in [0.4, 0.5) is 0 Å². The van der Waals surface area contributed by atoms with Gasteiger partial charge in [0.25, 0.3) is 0 Å². The smallest absolute Gasteiger partial charge is 0.237 e. The van der Waals surface area contributed by atoms with E-state index in [1.54, 1.807) is 11.8 Å². The zero-order valence-corrected chi connectivity index (χ0v) is 10.1. The first-order valence-corrected chi connectivity index (χ1v) is 6.18. The van der Waals surface area contributed by atoms with E-state index in [0.29, 0.717) is 6.04 Å². The molecule has 0 aromatic heterocycles. The molecule has 0 saturated heterocycles. The van der Waals surface area contributed by atoms with E-state index in [0.717, 1.165) is 25.0 Å². The third-order valence-corrected chi connectivity index (χ3v) is 3.07. The molecule has 0 spiro atoms. The molecule has 0 unspecified atom stereocenters. The molecule has 14 heavy (non-hydrogen) atoms. The van der Waals surface area contributed by atoms with Gasteiger partial charge < -0.3 is 11.1 Å². The van der Waals surface area contributed by atoms with Gasteiger partial charge in [-0.2, -0.15) is 11.8 Å². The fraction of sp³-hybridized carbons (Fsp3) is 0.889. The molecular weight excluding hydrogens is 220 g/mol. The van der Waals surface area contributed by atoms with E-state index in [9.17, 15) is 4.79 Å². The van der Waals surface area contributed by atoms with Gasteiger partial charge in [-0.05, 0) is 37.7 Å². The van der Waals surface area contributed by atoms with Crippen molar-refractivity contribution in [3.63, 3.8) is 0 Å². The molecule has 1 aliphatic carbocycles. The van der Waals surface area contributed by atoms with Gasteiger partial charge in [0.05, 0.1) is 6.04 Å². The van der Waals surface area contributed by atoms with Crippen LogP contribution in [-0.4, -0.2) is 30.0 Å². The average molecular weight is 239 g/mol. The highest BCUT2D eigenvalue weighted by Gasteiger charge is 2.22. The molecule has 1 amide bonds. The number of thioether (sulfide) groups is 1. The Kier molecular flexibility index (Phi) is 7.41. The van der Waals surface area contributed by atoms with E-state index < -0.39 is 0 Å². The standard InChI is InChI=1S/C9H18N2OS.ClH/c1-13-6-5-8(10)9(12)11-7-3-2-4-7;/h7-8H,2-6,10H2,1H3,(H,11,12);1H/t8-;/m0./s1. The predicted molar refractivity (Wildman–Crippen MR) is 64.0 cm³/mol. The van der Waals surface area contributed by atoms with Crippen LogP contribution in [0.5, 0.6) is 0 Å². The van der Waals surface area contributed by atoms with E-state index in [1.165, 1.54) is 6.42 Å². The fourth-order valence-corrected chi connectivity index (χ4v) is 1.73. The van der Waals surface area contributed by atoms with Crippen LogP contribution < -0.4 is 11.1 Å². The van der Waals surface area contributed by atoms with Crippen molar-refractivity contribution in [3.05, 3.63) is 0 Å². The SMILES string of the molecule is CSCC[C@H](N)C(=O)NC1CCC1.Cl. The van der Waals surface area contributed by atoms with Crippen molar-refractivity contribution in [1.29, 1.82) is 0 Å². The molecule has 0 heterocycles. The van der Waals surface area contributed by atoms with Gasteiger partial charge in [-0.3, -0.25) is 4.79 Å². The molecule has 0 radical (unpaired) electrons. The molecule has 5 heteroatoms. The van der Waals surface area contributed by atoms with Gasteiger partial charge in [0.15, 0.2) is 0 Å². The lowest BCUT2D eigenvalue weighted by Gasteiger charge is -2.27. The van der Waals surface area contributed by atoms with Crippen LogP contribution in [0.1, 0.15) is 25.7 Å². The maximum absolute atomic E-state index is 11.4. The van der Waals surface area contributed by atoms with Crippen LogP contribution in [0.2, 0.25) is 0 Å². The van der Waals surface area contributed by atoms with Crippen LogP contribution in [0.15, 0.2) is 0 Å². The van der Waals surface area contributed by atoms with Crippen molar-refractivity contribution >= 4 is 30.1 Å². The molecule has 3 nitrogen and oxygen atoms in total. The number of halogens is 1. The summed E-state index contributed by atoms with van der Waals surface area (Å²) in [4.78, 5) is 11.4. The Balaban J connectivity index is 0.00000169. The molecule has 0 aliphatic heterocycles. The molecule has 1 rings (SSSR count). The Hall–Kier alpha value is 0.0700. The monoisotopic (exact) mass is 238 g/mol. The van der Waals surface area contributed by atoms with Crippen molar-refractivity contribution < 1.29 is 4.79 Å². The van der Waals surface area contributed by atoms with E-state index in [1.807, 2.05) is 6.26 Å². The minimum absolute atomic E-state index is 0. The molecule has 0 bridgehead atoms. The second kappa shape index (κ2) is 7.37. The maximum Gasteiger partial charge on any atom is 0.237 e. The van der Waals surface area contributed by atoms with Gasteiger partial charge in [-0.15, -0.1) is 12.4 Å². The largest absolute Gasteiger partial charge is 0.352 e. The van der Waals surface area contributed by atoms with E-state index >= 15 is 0 Å². The lowest BCUT2D eigenvalue weighted by Crippen LogP contribution is -2.47. The van der Waals surface area contributed by atoms with Crippen molar-refractivity contribution in [2.75, 3.05) is 12.0 Å². The van der Waals surface area contributed by atoms with Crippen LogP contribution in [0, 0.1) is 0 Å². The number of nitrogens with one attached hydrogen (secondary N) is 1. The van der Waals surface area contributed by atoms with Crippen LogP contribution in [0.3, 0.4) is 0 Å². The molecule has 1 fully saturated rings. The number of nitrogens with two attached hydrogens (primary N) is 1. The van der Waals surface area contributed by atoms with Crippen LogP contribution in [-0.2, 0) is 4.79 Å². The number of carbonyl (C=O) groups is 1. The van der Waals surface area contributed by atoms with Gasteiger partial charge in [-0.1, -0.05) is 0 Å². The number of hydrogen-bond donors (Lipinski definition) is 2. The third-order valence-electron chi connectivity index (χ3n) is 2.42. The van der Waals surface area contributed by atoms with Crippen LogP contribution in [0.25, 0.3) is 0 Å². The van der Waals surface area contributed by atoms with Crippen molar-refractivity contribution in [3.8, 4) is 0 Å². The second-order valence-corrected chi connectivity index (χ2v) is 4.51. The maximum atomic E-state index is 11.4. The number of carbonyl (C=O) groups excluding carboxylic acids is 1. The molecule has 0 aromatic rings. The summed E-state index contributed by atoms with van der Waals surface area (Å²) in [6.45, 7) is 0. The zero-order chi connectivity index (χ0) is 9.68. The Morgan fingerprint density at radius 3 is 2.71 bits per heavy atom. The van der Waals surface area contributed by atoms with Gasteiger partial charge in [0.1, 0.15) is 0 Å². The molecule has 84 valence electrons.